The van der Waals surface area contributed by atoms with Gasteiger partial charge in [-0.2, -0.15) is 8.42 Å². The number of urea groups is 1. The lowest BCUT2D eigenvalue weighted by molar-refractivity contribution is -0.122. The van der Waals surface area contributed by atoms with Crippen molar-refractivity contribution in [1.82, 2.24) is 5.32 Å². The molecule has 1 aliphatic rings. The maximum absolute atomic E-state index is 13.2. The lowest BCUT2D eigenvalue weighted by Gasteiger charge is -2.26. The van der Waals surface area contributed by atoms with E-state index < -0.39 is 33.5 Å². The van der Waals surface area contributed by atoms with Crippen molar-refractivity contribution in [2.24, 2.45) is 0 Å². The number of ether oxygens (including phenoxy) is 1. The van der Waals surface area contributed by atoms with E-state index in [0.29, 0.717) is 0 Å². The van der Waals surface area contributed by atoms with Gasteiger partial charge in [-0.25, -0.2) is 9.69 Å². The van der Waals surface area contributed by atoms with Crippen molar-refractivity contribution >= 4 is 74.5 Å². The van der Waals surface area contributed by atoms with Crippen LogP contribution in [0.1, 0.15) is 12.5 Å². The Morgan fingerprint density at radius 1 is 0.921 bits per heavy atom. The van der Waals surface area contributed by atoms with Crippen LogP contribution >= 0.6 is 34.8 Å². The van der Waals surface area contributed by atoms with Crippen LogP contribution in [0.4, 0.5) is 10.5 Å². The van der Waals surface area contributed by atoms with Gasteiger partial charge in [-0.05, 0) is 61.0 Å². The maximum Gasteiger partial charge on any atom is 0.339 e. The summed E-state index contributed by atoms with van der Waals surface area (Å²) in [5.74, 6) is -2.20. The molecular formula is C25H17Cl3N2O7S. The largest absolute Gasteiger partial charge is 0.490 e. The number of hydrogen-bond acceptors (Lipinski definition) is 7. The predicted octanol–water partition coefficient (Wildman–Crippen LogP) is 5.48. The Morgan fingerprint density at radius 2 is 1.63 bits per heavy atom. The van der Waals surface area contributed by atoms with Crippen molar-refractivity contribution in [2.45, 2.75) is 11.8 Å². The van der Waals surface area contributed by atoms with E-state index in [2.05, 4.69) is 5.32 Å². The lowest BCUT2D eigenvalue weighted by Crippen LogP contribution is -2.54. The van der Waals surface area contributed by atoms with Gasteiger partial charge in [-0.3, -0.25) is 14.9 Å². The molecule has 0 spiro atoms. The number of carbonyl (C=O) groups excluding carboxylic acids is 3. The third kappa shape index (κ3) is 5.63. The number of halogens is 3. The van der Waals surface area contributed by atoms with Crippen LogP contribution in [0.5, 0.6) is 11.5 Å². The number of amides is 4. The molecule has 0 saturated carbocycles. The van der Waals surface area contributed by atoms with Gasteiger partial charge in [-0.1, -0.05) is 53.0 Å². The number of benzene rings is 3. The highest BCUT2D eigenvalue weighted by atomic mass is 35.5. The number of carbonyl (C=O) groups is 3. The van der Waals surface area contributed by atoms with Crippen molar-refractivity contribution in [3.63, 3.8) is 0 Å². The van der Waals surface area contributed by atoms with Crippen LogP contribution in [-0.4, -0.2) is 32.9 Å². The Hall–Kier alpha value is -3.57. The van der Waals surface area contributed by atoms with Gasteiger partial charge in [0.05, 0.1) is 27.4 Å². The maximum atomic E-state index is 13.2. The second-order valence-electron chi connectivity index (χ2n) is 7.67. The highest BCUT2D eigenvalue weighted by Gasteiger charge is 2.37. The summed E-state index contributed by atoms with van der Waals surface area (Å²) in [6.07, 6.45) is 1.18. The monoisotopic (exact) mass is 594 g/mol. The molecule has 0 bridgehead atoms. The van der Waals surface area contributed by atoms with Gasteiger partial charge in [0.1, 0.15) is 10.5 Å². The Balaban J connectivity index is 1.73. The molecule has 0 aliphatic carbocycles. The predicted molar refractivity (Wildman–Crippen MR) is 142 cm³/mol. The van der Waals surface area contributed by atoms with Crippen molar-refractivity contribution in [3.8, 4) is 11.5 Å². The molecule has 13 heteroatoms. The van der Waals surface area contributed by atoms with Crippen molar-refractivity contribution < 1.29 is 31.7 Å². The second-order valence-corrected chi connectivity index (χ2v) is 10.4. The van der Waals surface area contributed by atoms with Crippen LogP contribution in [0.3, 0.4) is 0 Å². The van der Waals surface area contributed by atoms with Gasteiger partial charge in [0, 0.05) is 0 Å². The third-order valence-electron chi connectivity index (χ3n) is 5.13. The minimum absolute atomic E-state index is 0.0487. The molecule has 1 N–H and O–H groups in total. The minimum atomic E-state index is -4.25. The average molecular weight is 596 g/mol. The zero-order chi connectivity index (χ0) is 27.6. The van der Waals surface area contributed by atoms with Gasteiger partial charge >= 0.3 is 16.1 Å². The molecule has 38 heavy (non-hydrogen) atoms. The van der Waals surface area contributed by atoms with E-state index in [1.807, 2.05) is 0 Å². The van der Waals surface area contributed by atoms with Crippen LogP contribution in [0.15, 0.2) is 71.1 Å². The van der Waals surface area contributed by atoms with E-state index in [9.17, 15) is 22.8 Å². The fraction of sp³-hybridized carbons (Fsp3) is 0.0800. The zero-order valence-corrected chi connectivity index (χ0v) is 22.5. The molecule has 3 aromatic rings. The minimum Gasteiger partial charge on any atom is -0.490 e. The first-order valence-corrected chi connectivity index (χ1v) is 13.4. The van der Waals surface area contributed by atoms with Gasteiger partial charge in [-0.15, -0.1) is 0 Å². The average Bonchev–Trinajstić information content (AvgIpc) is 2.86. The first kappa shape index (κ1) is 27.5. The van der Waals surface area contributed by atoms with Crippen LogP contribution in [0.2, 0.25) is 15.1 Å². The number of rotatable bonds is 7. The zero-order valence-electron chi connectivity index (χ0n) is 19.4. The van der Waals surface area contributed by atoms with E-state index >= 15 is 0 Å². The molecule has 4 rings (SSSR count). The molecule has 0 radical (unpaired) electrons. The molecule has 196 valence electrons. The Kier molecular flexibility index (Phi) is 7.98. The molecule has 1 aliphatic heterocycles. The quantitative estimate of drug-likeness (QED) is 0.218. The van der Waals surface area contributed by atoms with Crippen LogP contribution in [-0.2, 0) is 19.7 Å². The van der Waals surface area contributed by atoms with E-state index in [-0.39, 0.29) is 49.3 Å². The molecule has 0 aromatic heterocycles. The molecular weight excluding hydrogens is 579 g/mol. The molecule has 0 atom stereocenters. The Bertz CT molecular complexity index is 1590. The Labute approximate surface area is 232 Å². The summed E-state index contributed by atoms with van der Waals surface area (Å²) in [4.78, 5) is 38.8. The number of nitrogens with zero attached hydrogens (tertiary/aromatic N) is 1. The normalized spacial score (nSPS) is 15.0. The highest BCUT2D eigenvalue weighted by molar-refractivity contribution is 7.87. The highest BCUT2D eigenvalue weighted by Crippen LogP contribution is 2.39. The van der Waals surface area contributed by atoms with Crippen molar-refractivity contribution in [3.05, 3.63) is 86.9 Å². The molecule has 1 heterocycles. The van der Waals surface area contributed by atoms with Gasteiger partial charge in [0.15, 0.2) is 5.75 Å². The summed E-state index contributed by atoms with van der Waals surface area (Å²) >= 11 is 18.3. The van der Waals surface area contributed by atoms with Crippen LogP contribution in [0.25, 0.3) is 6.08 Å². The molecule has 3 aromatic carbocycles. The SMILES string of the molecule is CCOc1cc(/C=C2\C(=O)NC(=O)N(c3ccc(Cl)c(Cl)c3)C2=O)cc(Cl)c1OS(=O)(=O)c1ccccc1. The molecule has 4 amide bonds. The molecule has 9 nitrogen and oxygen atoms in total. The molecule has 1 fully saturated rings. The number of nitrogens with one attached hydrogen (secondary N) is 1. The fourth-order valence-corrected chi connectivity index (χ4v) is 5.02. The Morgan fingerprint density at radius 3 is 2.29 bits per heavy atom. The van der Waals surface area contributed by atoms with E-state index in [4.69, 9.17) is 43.7 Å². The first-order valence-electron chi connectivity index (χ1n) is 10.8. The summed E-state index contributed by atoms with van der Waals surface area (Å²) in [6, 6.07) is 13.2. The number of barbiturate groups is 1. The second kappa shape index (κ2) is 11.0. The van der Waals surface area contributed by atoms with E-state index in [1.54, 1.807) is 13.0 Å². The van der Waals surface area contributed by atoms with Gasteiger partial charge < -0.3 is 8.92 Å². The van der Waals surface area contributed by atoms with Crippen molar-refractivity contribution in [1.29, 1.82) is 0 Å². The third-order valence-corrected chi connectivity index (χ3v) is 7.39. The topological polar surface area (TPSA) is 119 Å². The summed E-state index contributed by atoms with van der Waals surface area (Å²) < 4.78 is 36.3. The van der Waals surface area contributed by atoms with Gasteiger partial charge in [0.25, 0.3) is 11.8 Å². The summed E-state index contributed by atoms with van der Waals surface area (Å²) in [5.41, 5.74) is -0.118. The smallest absolute Gasteiger partial charge is 0.339 e. The van der Waals surface area contributed by atoms with Crippen LogP contribution < -0.4 is 19.1 Å². The van der Waals surface area contributed by atoms with Crippen LogP contribution in [0, 0.1) is 0 Å². The standard InChI is InChI=1S/C25H17Cl3N2O7S/c1-2-36-21-12-14(11-20(28)22(21)37-38(34,35)16-6-4-3-5-7-16)10-17-23(31)29-25(33)30(24(17)32)15-8-9-18(26)19(27)13-15/h3-13H,2H2,1H3,(H,29,31,33)/b17-10+. The molecule has 1 saturated heterocycles. The van der Waals surface area contributed by atoms with Gasteiger partial charge in [0.2, 0.25) is 5.75 Å². The van der Waals surface area contributed by atoms with E-state index in [0.717, 1.165) is 4.90 Å². The fourth-order valence-electron chi connectivity index (χ4n) is 3.44. The first-order chi connectivity index (χ1) is 18.0. The molecule has 0 unspecified atom stereocenters. The summed E-state index contributed by atoms with van der Waals surface area (Å²) in [7, 11) is -4.25. The van der Waals surface area contributed by atoms with Crippen molar-refractivity contribution in [2.75, 3.05) is 11.5 Å². The number of hydrogen-bond donors (Lipinski definition) is 1. The lowest BCUT2D eigenvalue weighted by atomic mass is 10.1. The summed E-state index contributed by atoms with van der Waals surface area (Å²) in [5, 5.41) is 2.24. The summed E-state index contributed by atoms with van der Waals surface area (Å²) in [6.45, 7) is 1.78. The number of imide groups is 2. The number of anilines is 1. The van der Waals surface area contributed by atoms with E-state index in [1.165, 1.54) is 60.7 Å².